The SMILES string of the molecule is C=CC[N+](C)(C)CC(=O)NCCCCCCCCCC.[Cl-]. The van der Waals surface area contributed by atoms with E-state index in [1.807, 2.05) is 6.08 Å². The molecule has 1 N–H and O–H groups in total. The van der Waals surface area contributed by atoms with Gasteiger partial charge in [0.05, 0.1) is 20.6 Å². The third-order valence-corrected chi connectivity index (χ3v) is 3.55. The van der Waals surface area contributed by atoms with Crippen molar-refractivity contribution in [3.63, 3.8) is 0 Å². The van der Waals surface area contributed by atoms with Gasteiger partial charge in [-0.3, -0.25) is 4.79 Å². The second-order valence-electron chi connectivity index (χ2n) is 6.39. The number of halogens is 1. The average molecular weight is 319 g/mol. The lowest BCUT2D eigenvalue weighted by Crippen LogP contribution is -3.00. The van der Waals surface area contributed by atoms with Gasteiger partial charge in [-0.05, 0) is 12.5 Å². The molecule has 0 aliphatic rings. The molecule has 21 heavy (non-hydrogen) atoms. The predicted molar refractivity (Wildman–Crippen MR) is 87.7 cm³/mol. The van der Waals surface area contributed by atoms with Gasteiger partial charge in [0.1, 0.15) is 0 Å². The summed E-state index contributed by atoms with van der Waals surface area (Å²) in [4.78, 5) is 11.8. The second-order valence-corrected chi connectivity index (χ2v) is 6.39. The van der Waals surface area contributed by atoms with Gasteiger partial charge in [-0.1, -0.05) is 58.4 Å². The Hall–Kier alpha value is -0.540. The number of amides is 1. The second kappa shape index (κ2) is 14.4. The standard InChI is InChI=1S/C17H34N2O.ClH/c1-5-7-8-9-10-11-12-13-14-18-17(20)16-19(3,4)15-6-2;/h6H,2,5,7-16H2,1,3-4H3;1H. The molecular formula is C17H35ClN2O. The summed E-state index contributed by atoms with van der Waals surface area (Å²) in [6.45, 7) is 8.15. The number of likely N-dealkylation sites (N-methyl/N-ethyl adjacent to an activating group) is 1. The molecule has 0 saturated carbocycles. The minimum Gasteiger partial charge on any atom is -1.00 e. The molecule has 0 aromatic heterocycles. The molecular weight excluding hydrogens is 284 g/mol. The largest absolute Gasteiger partial charge is 1.00 e. The highest BCUT2D eigenvalue weighted by molar-refractivity contribution is 5.77. The van der Waals surface area contributed by atoms with Crippen LogP contribution in [0.1, 0.15) is 58.3 Å². The number of carbonyl (C=O) groups is 1. The summed E-state index contributed by atoms with van der Waals surface area (Å²) < 4.78 is 0.673. The first kappa shape index (κ1) is 22.7. The van der Waals surface area contributed by atoms with Crippen LogP contribution in [-0.2, 0) is 4.79 Å². The number of carbonyl (C=O) groups excluding carboxylic acids is 1. The summed E-state index contributed by atoms with van der Waals surface area (Å²) in [5.74, 6) is 0.153. The Morgan fingerprint density at radius 2 is 1.57 bits per heavy atom. The molecule has 0 saturated heterocycles. The quantitative estimate of drug-likeness (QED) is 0.299. The fraction of sp³-hybridized carbons (Fsp3) is 0.824. The molecule has 3 nitrogen and oxygen atoms in total. The van der Waals surface area contributed by atoms with Crippen LogP contribution in [0.4, 0.5) is 0 Å². The third kappa shape index (κ3) is 15.7. The van der Waals surface area contributed by atoms with Gasteiger partial charge < -0.3 is 22.2 Å². The topological polar surface area (TPSA) is 29.1 Å². The zero-order valence-electron chi connectivity index (χ0n) is 14.3. The van der Waals surface area contributed by atoms with Gasteiger partial charge in [0, 0.05) is 6.54 Å². The molecule has 0 aromatic rings. The molecule has 1 amide bonds. The van der Waals surface area contributed by atoms with Crippen LogP contribution in [-0.4, -0.2) is 44.1 Å². The van der Waals surface area contributed by atoms with Gasteiger partial charge in [-0.25, -0.2) is 0 Å². The predicted octanol–water partition coefficient (Wildman–Crippen LogP) is 0.510. The number of hydrogen-bond donors (Lipinski definition) is 1. The normalized spacial score (nSPS) is 10.8. The highest BCUT2D eigenvalue weighted by Crippen LogP contribution is 2.07. The summed E-state index contributed by atoms with van der Waals surface area (Å²) in [7, 11) is 4.11. The molecule has 0 unspecified atom stereocenters. The fourth-order valence-electron chi connectivity index (χ4n) is 2.35. The number of unbranched alkanes of at least 4 members (excludes halogenated alkanes) is 7. The van der Waals surface area contributed by atoms with Gasteiger partial charge in [0.2, 0.25) is 0 Å². The molecule has 0 spiro atoms. The summed E-state index contributed by atoms with van der Waals surface area (Å²) in [6.07, 6.45) is 12.3. The van der Waals surface area contributed by atoms with Gasteiger partial charge in [0.15, 0.2) is 6.54 Å². The summed E-state index contributed by atoms with van der Waals surface area (Å²) in [6, 6.07) is 0. The molecule has 0 heterocycles. The van der Waals surface area contributed by atoms with Crippen molar-refractivity contribution in [3.05, 3.63) is 12.7 Å². The number of nitrogens with zero attached hydrogens (tertiary/aromatic N) is 1. The van der Waals surface area contributed by atoms with Crippen LogP contribution < -0.4 is 17.7 Å². The molecule has 0 atom stereocenters. The Labute approximate surface area is 138 Å². The Kier molecular flexibility index (Phi) is 15.6. The van der Waals surface area contributed by atoms with E-state index in [0.717, 1.165) is 19.5 Å². The highest BCUT2D eigenvalue weighted by atomic mass is 35.5. The number of rotatable bonds is 13. The first-order chi connectivity index (χ1) is 9.52. The van der Waals surface area contributed by atoms with Crippen LogP contribution in [0, 0.1) is 0 Å². The van der Waals surface area contributed by atoms with Crippen molar-refractivity contribution in [2.45, 2.75) is 58.3 Å². The van der Waals surface area contributed by atoms with E-state index < -0.39 is 0 Å². The van der Waals surface area contributed by atoms with Crippen LogP contribution in [0.5, 0.6) is 0 Å². The first-order valence-corrected chi connectivity index (χ1v) is 8.21. The lowest BCUT2D eigenvalue weighted by molar-refractivity contribution is -0.876. The molecule has 4 heteroatoms. The molecule has 0 aliphatic heterocycles. The van der Waals surface area contributed by atoms with E-state index >= 15 is 0 Å². The van der Waals surface area contributed by atoms with Gasteiger partial charge in [-0.15, -0.1) is 0 Å². The summed E-state index contributed by atoms with van der Waals surface area (Å²) in [5.41, 5.74) is 0. The zero-order valence-corrected chi connectivity index (χ0v) is 15.1. The zero-order chi connectivity index (χ0) is 15.3. The third-order valence-electron chi connectivity index (χ3n) is 3.55. The number of hydrogen-bond acceptors (Lipinski definition) is 1. The lowest BCUT2D eigenvalue weighted by Gasteiger charge is -2.27. The Balaban J connectivity index is 0. The van der Waals surface area contributed by atoms with E-state index in [0.29, 0.717) is 11.0 Å². The molecule has 0 aromatic carbocycles. The summed E-state index contributed by atoms with van der Waals surface area (Å²) in [5, 5.41) is 3.02. The Morgan fingerprint density at radius 3 is 2.10 bits per heavy atom. The highest BCUT2D eigenvalue weighted by Gasteiger charge is 2.17. The minimum absolute atomic E-state index is 0. The average Bonchev–Trinajstić information content (AvgIpc) is 2.36. The lowest BCUT2D eigenvalue weighted by atomic mass is 10.1. The van der Waals surface area contributed by atoms with Crippen molar-refractivity contribution in [1.82, 2.24) is 5.32 Å². The van der Waals surface area contributed by atoms with Crippen LogP contribution in [0.3, 0.4) is 0 Å². The van der Waals surface area contributed by atoms with Crippen molar-refractivity contribution >= 4 is 5.91 Å². The molecule has 0 fully saturated rings. The van der Waals surface area contributed by atoms with Crippen molar-refractivity contribution < 1.29 is 21.7 Å². The van der Waals surface area contributed by atoms with Crippen LogP contribution in [0.25, 0.3) is 0 Å². The molecule has 0 bridgehead atoms. The van der Waals surface area contributed by atoms with Crippen molar-refractivity contribution in [2.24, 2.45) is 0 Å². The van der Waals surface area contributed by atoms with Gasteiger partial charge in [-0.2, -0.15) is 0 Å². The fourth-order valence-corrected chi connectivity index (χ4v) is 2.35. The van der Waals surface area contributed by atoms with Crippen molar-refractivity contribution in [3.8, 4) is 0 Å². The maximum Gasteiger partial charge on any atom is 0.275 e. The van der Waals surface area contributed by atoms with E-state index in [4.69, 9.17) is 0 Å². The molecule has 126 valence electrons. The molecule has 0 rings (SSSR count). The Morgan fingerprint density at radius 1 is 1.05 bits per heavy atom. The maximum atomic E-state index is 11.8. The molecule has 0 aliphatic carbocycles. The van der Waals surface area contributed by atoms with E-state index in [9.17, 15) is 4.79 Å². The van der Waals surface area contributed by atoms with Crippen LogP contribution in [0.2, 0.25) is 0 Å². The van der Waals surface area contributed by atoms with Crippen LogP contribution in [0.15, 0.2) is 12.7 Å². The monoisotopic (exact) mass is 318 g/mol. The van der Waals surface area contributed by atoms with Crippen molar-refractivity contribution in [2.75, 3.05) is 33.7 Å². The van der Waals surface area contributed by atoms with Gasteiger partial charge in [0.25, 0.3) is 5.91 Å². The van der Waals surface area contributed by atoms with E-state index in [-0.39, 0.29) is 18.3 Å². The van der Waals surface area contributed by atoms with Crippen LogP contribution >= 0.6 is 0 Å². The van der Waals surface area contributed by atoms with Gasteiger partial charge >= 0.3 is 0 Å². The Bertz CT molecular complexity index is 268. The van der Waals surface area contributed by atoms with E-state index in [2.05, 4.69) is 32.9 Å². The minimum atomic E-state index is 0. The smallest absolute Gasteiger partial charge is 0.275 e. The number of quaternary nitrogens is 1. The van der Waals surface area contributed by atoms with Crippen molar-refractivity contribution in [1.29, 1.82) is 0 Å². The van der Waals surface area contributed by atoms with E-state index in [1.54, 1.807) is 0 Å². The number of nitrogens with one attached hydrogen (secondary N) is 1. The first-order valence-electron chi connectivity index (χ1n) is 8.21. The maximum absolute atomic E-state index is 11.8. The van der Waals surface area contributed by atoms with E-state index in [1.165, 1.54) is 44.9 Å². The molecule has 0 radical (unpaired) electrons. The summed E-state index contributed by atoms with van der Waals surface area (Å²) >= 11 is 0.